The van der Waals surface area contributed by atoms with E-state index in [2.05, 4.69) is 10.2 Å². The number of carbonyl (C=O) groups is 1. The number of amides is 1. The molecular weight excluding hydrogens is 598 g/mol. The number of nitrogens with one attached hydrogen (secondary N) is 1. The summed E-state index contributed by atoms with van der Waals surface area (Å²) in [5.74, 6) is -0.706. The van der Waals surface area contributed by atoms with Crippen molar-refractivity contribution in [2.24, 2.45) is 0 Å². The van der Waals surface area contributed by atoms with Gasteiger partial charge in [0.05, 0.1) is 28.5 Å². The summed E-state index contributed by atoms with van der Waals surface area (Å²) < 4.78 is 55.6. The van der Waals surface area contributed by atoms with E-state index in [1.807, 2.05) is 48.2 Å². The number of halogens is 2. The molecule has 3 heterocycles. The van der Waals surface area contributed by atoms with Crippen molar-refractivity contribution in [3.8, 4) is 11.3 Å². The number of para-hydroxylation sites is 1. The van der Waals surface area contributed by atoms with Crippen molar-refractivity contribution in [3.05, 3.63) is 102 Å². The van der Waals surface area contributed by atoms with Gasteiger partial charge in [0.2, 0.25) is 21.9 Å². The molecule has 0 spiro atoms. The lowest BCUT2D eigenvalue weighted by atomic mass is 10.1. The summed E-state index contributed by atoms with van der Waals surface area (Å²) >= 11 is 0. The summed E-state index contributed by atoms with van der Waals surface area (Å²) in [6.45, 7) is 4.61. The van der Waals surface area contributed by atoms with E-state index >= 15 is 0 Å². The second-order valence-corrected chi connectivity index (χ2v) is 13.1. The number of hydrogen-bond acceptors (Lipinski definition) is 7. The fourth-order valence-electron chi connectivity index (χ4n) is 5.90. The van der Waals surface area contributed by atoms with Gasteiger partial charge in [0.25, 0.3) is 0 Å². The van der Waals surface area contributed by atoms with E-state index in [1.165, 1.54) is 22.5 Å². The average Bonchev–Trinajstić information content (AvgIpc) is 3.56. The number of nitrogens with zero attached hydrogens (tertiary/aromatic N) is 5. The smallest absolute Gasteiger partial charge is 0.243 e. The van der Waals surface area contributed by atoms with Gasteiger partial charge in [-0.3, -0.25) is 4.79 Å². The van der Waals surface area contributed by atoms with Gasteiger partial charge in [0.15, 0.2) is 0 Å². The molecule has 0 bridgehead atoms. The minimum Gasteiger partial charge on any atom is -0.366 e. The van der Waals surface area contributed by atoms with Crippen LogP contribution < -0.4 is 15.1 Å². The van der Waals surface area contributed by atoms with Crippen molar-refractivity contribution in [2.45, 2.75) is 37.2 Å². The summed E-state index contributed by atoms with van der Waals surface area (Å²) in [4.78, 5) is 27.1. The Balaban J connectivity index is 1.21. The van der Waals surface area contributed by atoms with Gasteiger partial charge in [-0.25, -0.2) is 27.2 Å². The van der Waals surface area contributed by atoms with Crippen LogP contribution in [0.4, 0.5) is 20.4 Å². The first kappa shape index (κ1) is 30.6. The first-order valence-corrected chi connectivity index (χ1v) is 16.4. The molecule has 1 atom stereocenters. The van der Waals surface area contributed by atoms with Gasteiger partial charge in [-0.15, -0.1) is 0 Å². The van der Waals surface area contributed by atoms with Gasteiger partial charge >= 0.3 is 0 Å². The van der Waals surface area contributed by atoms with Crippen molar-refractivity contribution < 1.29 is 22.0 Å². The fourth-order valence-corrected chi connectivity index (χ4v) is 7.55. The summed E-state index contributed by atoms with van der Waals surface area (Å²) in [6, 6.07) is 20.2. The molecule has 0 saturated carbocycles. The van der Waals surface area contributed by atoms with Gasteiger partial charge in [0.1, 0.15) is 17.7 Å². The highest BCUT2D eigenvalue weighted by molar-refractivity contribution is 7.89. The molecule has 2 aliphatic rings. The molecule has 9 nitrogen and oxygen atoms in total. The van der Waals surface area contributed by atoms with E-state index in [0.717, 1.165) is 23.3 Å². The standard InChI is InChI=1S/C33H34F2N6O3S/c1-23-7-2-3-8-27(23)29-21-25(37-33(38-29)40-19-17-39(18-20-40)30-10-5-4-9-28(30)35)22-36-32(42)31-11-6-16-41(31)45(43,44)26-14-12-24(34)13-15-26/h2-5,7-10,12-15,21,31H,6,11,16-20,22H2,1H3,(H,36,42). The normalized spacial score (nSPS) is 17.4. The topological polar surface area (TPSA) is 98.7 Å². The van der Waals surface area contributed by atoms with Crippen LogP contribution in [0.2, 0.25) is 0 Å². The molecule has 1 aromatic heterocycles. The number of benzene rings is 3. The van der Waals surface area contributed by atoms with E-state index in [-0.39, 0.29) is 23.8 Å². The molecule has 2 aliphatic heterocycles. The summed E-state index contributed by atoms with van der Waals surface area (Å²) in [7, 11) is -3.98. The Morgan fingerprint density at radius 1 is 0.889 bits per heavy atom. The van der Waals surface area contributed by atoms with Gasteiger partial charge in [-0.05, 0) is 67.8 Å². The molecule has 6 rings (SSSR count). The Hall–Kier alpha value is -4.42. The monoisotopic (exact) mass is 632 g/mol. The average molecular weight is 633 g/mol. The van der Waals surface area contributed by atoms with Crippen LogP contribution >= 0.6 is 0 Å². The molecule has 12 heteroatoms. The van der Waals surface area contributed by atoms with E-state index in [9.17, 15) is 22.0 Å². The molecule has 4 aromatic rings. The molecule has 45 heavy (non-hydrogen) atoms. The lowest BCUT2D eigenvalue weighted by Gasteiger charge is -2.36. The highest BCUT2D eigenvalue weighted by atomic mass is 32.2. The first-order chi connectivity index (χ1) is 21.7. The molecule has 1 N–H and O–H groups in total. The van der Waals surface area contributed by atoms with E-state index < -0.39 is 27.8 Å². The molecule has 1 amide bonds. The summed E-state index contributed by atoms with van der Waals surface area (Å²) in [5.41, 5.74) is 3.83. The van der Waals surface area contributed by atoms with Crippen molar-refractivity contribution in [3.63, 3.8) is 0 Å². The SMILES string of the molecule is Cc1ccccc1-c1cc(CNC(=O)C2CCCN2S(=O)(=O)c2ccc(F)cc2)nc(N2CCN(c3ccccc3F)CC2)n1. The molecule has 0 radical (unpaired) electrons. The van der Waals surface area contributed by atoms with Gasteiger partial charge < -0.3 is 15.1 Å². The number of carbonyl (C=O) groups excluding carboxylic acids is 1. The van der Waals surface area contributed by atoms with E-state index in [0.29, 0.717) is 62.0 Å². The van der Waals surface area contributed by atoms with Crippen molar-refractivity contribution >= 4 is 27.6 Å². The number of piperazine rings is 1. The third kappa shape index (κ3) is 6.52. The maximum absolute atomic E-state index is 14.4. The zero-order valence-electron chi connectivity index (χ0n) is 24.9. The van der Waals surface area contributed by atoms with Crippen LogP contribution in [0.3, 0.4) is 0 Å². The second-order valence-electron chi connectivity index (χ2n) is 11.2. The number of anilines is 2. The summed E-state index contributed by atoms with van der Waals surface area (Å²) in [5, 5.41) is 2.90. The third-order valence-corrected chi connectivity index (χ3v) is 10.2. The first-order valence-electron chi connectivity index (χ1n) is 14.9. The van der Waals surface area contributed by atoms with Crippen LogP contribution in [-0.4, -0.2) is 67.4 Å². The predicted octanol–water partition coefficient (Wildman–Crippen LogP) is 4.53. The second kappa shape index (κ2) is 12.9. The maximum atomic E-state index is 14.4. The molecular formula is C33H34F2N6O3S. The molecule has 2 saturated heterocycles. The molecule has 2 fully saturated rings. The van der Waals surface area contributed by atoms with Crippen molar-refractivity contribution in [2.75, 3.05) is 42.5 Å². The Morgan fingerprint density at radius 3 is 2.31 bits per heavy atom. The lowest BCUT2D eigenvalue weighted by molar-refractivity contribution is -0.124. The number of aromatic nitrogens is 2. The number of aryl methyl sites for hydroxylation is 1. The number of sulfonamides is 1. The van der Waals surface area contributed by atoms with Crippen LogP contribution in [0, 0.1) is 18.6 Å². The van der Waals surface area contributed by atoms with Gasteiger partial charge in [-0.2, -0.15) is 4.31 Å². The van der Waals surface area contributed by atoms with Crippen LogP contribution in [0.5, 0.6) is 0 Å². The highest BCUT2D eigenvalue weighted by Gasteiger charge is 2.39. The van der Waals surface area contributed by atoms with Crippen LogP contribution in [0.25, 0.3) is 11.3 Å². The quantitative estimate of drug-likeness (QED) is 0.305. The van der Waals surface area contributed by atoms with Crippen LogP contribution in [-0.2, 0) is 21.4 Å². The molecule has 1 unspecified atom stereocenters. The molecule has 0 aliphatic carbocycles. The molecule has 3 aromatic carbocycles. The van der Waals surface area contributed by atoms with Crippen molar-refractivity contribution in [1.82, 2.24) is 19.6 Å². The van der Waals surface area contributed by atoms with E-state index in [1.54, 1.807) is 12.1 Å². The zero-order valence-corrected chi connectivity index (χ0v) is 25.7. The van der Waals surface area contributed by atoms with Gasteiger partial charge in [0, 0.05) is 38.3 Å². The van der Waals surface area contributed by atoms with Gasteiger partial charge in [-0.1, -0.05) is 36.4 Å². The Kier molecular flexibility index (Phi) is 8.77. The van der Waals surface area contributed by atoms with Crippen LogP contribution in [0.1, 0.15) is 24.1 Å². The molecule has 234 valence electrons. The number of hydrogen-bond donors (Lipinski definition) is 1. The highest BCUT2D eigenvalue weighted by Crippen LogP contribution is 2.28. The Morgan fingerprint density at radius 2 is 1.58 bits per heavy atom. The Labute approximate surface area is 261 Å². The lowest BCUT2D eigenvalue weighted by Crippen LogP contribution is -2.47. The minimum atomic E-state index is -3.98. The summed E-state index contributed by atoms with van der Waals surface area (Å²) in [6.07, 6.45) is 0.911. The maximum Gasteiger partial charge on any atom is 0.243 e. The Bertz CT molecular complexity index is 1800. The zero-order chi connectivity index (χ0) is 31.6. The predicted molar refractivity (Wildman–Crippen MR) is 168 cm³/mol. The third-order valence-electron chi connectivity index (χ3n) is 8.31. The van der Waals surface area contributed by atoms with Crippen molar-refractivity contribution in [1.29, 1.82) is 0 Å². The van der Waals surface area contributed by atoms with E-state index in [4.69, 9.17) is 9.97 Å². The van der Waals surface area contributed by atoms with Crippen LogP contribution in [0.15, 0.2) is 83.8 Å². The largest absolute Gasteiger partial charge is 0.366 e. The minimum absolute atomic E-state index is 0.0537. The fraction of sp³-hybridized carbons (Fsp3) is 0.303. The number of rotatable bonds is 8.